The molecular weight excluding hydrogens is 374 g/mol. The Morgan fingerprint density at radius 2 is 1.86 bits per heavy atom. The summed E-state index contributed by atoms with van der Waals surface area (Å²) < 4.78 is 7.72. The van der Waals surface area contributed by atoms with Gasteiger partial charge in [0.15, 0.2) is 0 Å². The van der Waals surface area contributed by atoms with Crippen LogP contribution < -0.4 is 10.1 Å². The summed E-state index contributed by atoms with van der Waals surface area (Å²) in [6.07, 6.45) is 4.15. The normalized spacial score (nSPS) is 10.7. The lowest BCUT2D eigenvalue weighted by Crippen LogP contribution is -2.25. The van der Waals surface area contributed by atoms with Gasteiger partial charge in [0.2, 0.25) is 0 Å². The molecule has 0 fully saturated rings. The molecule has 0 unspecified atom stereocenters. The van der Waals surface area contributed by atoms with E-state index in [1.165, 1.54) is 0 Å². The van der Waals surface area contributed by atoms with Gasteiger partial charge < -0.3 is 10.1 Å². The molecule has 28 heavy (non-hydrogen) atoms. The van der Waals surface area contributed by atoms with Crippen LogP contribution in [0.15, 0.2) is 54.9 Å². The van der Waals surface area contributed by atoms with Crippen molar-refractivity contribution in [2.24, 2.45) is 0 Å². The fourth-order valence-corrected chi connectivity index (χ4v) is 3.10. The molecular formula is C22H24ClN3O2. The van der Waals surface area contributed by atoms with Crippen molar-refractivity contribution >= 4 is 17.5 Å². The van der Waals surface area contributed by atoms with E-state index in [-0.39, 0.29) is 5.91 Å². The lowest BCUT2D eigenvalue weighted by Gasteiger charge is -2.12. The van der Waals surface area contributed by atoms with Crippen LogP contribution >= 0.6 is 11.6 Å². The topological polar surface area (TPSA) is 56.1 Å². The van der Waals surface area contributed by atoms with Gasteiger partial charge in [-0.15, -0.1) is 0 Å². The van der Waals surface area contributed by atoms with Crippen molar-refractivity contribution in [1.82, 2.24) is 15.1 Å². The van der Waals surface area contributed by atoms with Crippen LogP contribution in [-0.4, -0.2) is 22.2 Å². The van der Waals surface area contributed by atoms with Crippen molar-refractivity contribution < 1.29 is 9.53 Å². The van der Waals surface area contributed by atoms with Gasteiger partial charge in [-0.1, -0.05) is 41.9 Å². The SMILES string of the molecule is Cc1cccc(C)c1OCc1ccc(C(=O)NCCCn2cc(Cl)cn2)cc1. The number of hydrogen-bond acceptors (Lipinski definition) is 3. The van der Waals surface area contributed by atoms with Gasteiger partial charge in [0.25, 0.3) is 5.91 Å². The van der Waals surface area contributed by atoms with E-state index < -0.39 is 0 Å². The number of carbonyl (C=O) groups is 1. The Bertz CT molecular complexity index is 915. The van der Waals surface area contributed by atoms with E-state index in [2.05, 4.69) is 10.4 Å². The number of benzene rings is 2. The van der Waals surface area contributed by atoms with Crippen LogP contribution in [0.2, 0.25) is 5.02 Å². The highest BCUT2D eigenvalue weighted by molar-refractivity contribution is 6.30. The van der Waals surface area contributed by atoms with Gasteiger partial charge in [0.1, 0.15) is 12.4 Å². The van der Waals surface area contributed by atoms with E-state index in [4.69, 9.17) is 16.3 Å². The molecule has 0 spiro atoms. The Morgan fingerprint density at radius 1 is 1.14 bits per heavy atom. The molecule has 0 aliphatic carbocycles. The largest absolute Gasteiger partial charge is 0.488 e. The van der Waals surface area contributed by atoms with E-state index >= 15 is 0 Å². The summed E-state index contributed by atoms with van der Waals surface area (Å²) in [7, 11) is 0. The molecule has 1 amide bonds. The monoisotopic (exact) mass is 397 g/mol. The number of rotatable bonds is 8. The van der Waals surface area contributed by atoms with Crippen LogP contribution in [0.5, 0.6) is 5.75 Å². The van der Waals surface area contributed by atoms with Crippen molar-refractivity contribution in [2.75, 3.05) is 6.54 Å². The van der Waals surface area contributed by atoms with Crippen LogP contribution in [0, 0.1) is 13.8 Å². The average molecular weight is 398 g/mol. The van der Waals surface area contributed by atoms with Crippen LogP contribution in [0.3, 0.4) is 0 Å². The highest BCUT2D eigenvalue weighted by Crippen LogP contribution is 2.23. The number of aryl methyl sites for hydroxylation is 3. The first-order valence-electron chi connectivity index (χ1n) is 9.27. The van der Waals surface area contributed by atoms with Gasteiger partial charge >= 0.3 is 0 Å². The van der Waals surface area contributed by atoms with Gasteiger partial charge in [-0.2, -0.15) is 5.10 Å². The van der Waals surface area contributed by atoms with E-state index in [0.29, 0.717) is 30.3 Å². The molecule has 2 aromatic carbocycles. The fourth-order valence-electron chi connectivity index (χ4n) is 2.94. The summed E-state index contributed by atoms with van der Waals surface area (Å²) in [5, 5.41) is 7.65. The number of hydrogen-bond donors (Lipinski definition) is 1. The number of ether oxygens (including phenoxy) is 1. The van der Waals surface area contributed by atoms with Crippen molar-refractivity contribution in [1.29, 1.82) is 0 Å². The minimum atomic E-state index is -0.0827. The molecule has 0 bridgehead atoms. The number of nitrogens with zero attached hydrogens (tertiary/aromatic N) is 2. The predicted octanol–water partition coefficient (Wildman–Crippen LogP) is 4.55. The number of nitrogens with one attached hydrogen (secondary N) is 1. The van der Waals surface area contributed by atoms with Gasteiger partial charge in [-0.25, -0.2) is 0 Å². The second-order valence-electron chi connectivity index (χ2n) is 6.74. The first-order chi connectivity index (χ1) is 13.5. The van der Waals surface area contributed by atoms with Crippen LogP contribution in [0.4, 0.5) is 0 Å². The Morgan fingerprint density at radius 3 is 2.50 bits per heavy atom. The number of aromatic nitrogens is 2. The molecule has 6 heteroatoms. The van der Waals surface area contributed by atoms with E-state index in [0.717, 1.165) is 28.9 Å². The zero-order valence-corrected chi connectivity index (χ0v) is 16.9. The Kier molecular flexibility index (Phi) is 6.71. The first kappa shape index (κ1) is 20.0. The molecule has 0 radical (unpaired) electrons. The van der Waals surface area contributed by atoms with E-state index in [9.17, 15) is 4.79 Å². The maximum absolute atomic E-state index is 12.3. The molecule has 0 aliphatic heterocycles. The minimum absolute atomic E-state index is 0.0827. The molecule has 1 heterocycles. The number of halogens is 1. The van der Waals surface area contributed by atoms with Crippen molar-refractivity contribution in [2.45, 2.75) is 33.4 Å². The van der Waals surface area contributed by atoms with Crippen molar-refractivity contribution in [3.8, 4) is 5.75 Å². The highest BCUT2D eigenvalue weighted by Gasteiger charge is 2.07. The van der Waals surface area contributed by atoms with Crippen molar-refractivity contribution in [3.63, 3.8) is 0 Å². The van der Waals surface area contributed by atoms with Gasteiger partial charge in [0, 0.05) is 24.8 Å². The third-order valence-corrected chi connectivity index (χ3v) is 4.65. The van der Waals surface area contributed by atoms with E-state index in [1.54, 1.807) is 17.1 Å². The summed E-state index contributed by atoms with van der Waals surface area (Å²) in [5.74, 6) is 0.837. The zero-order valence-electron chi connectivity index (χ0n) is 16.1. The first-order valence-corrected chi connectivity index (χ1v) is 9.65. The maximum atomic E-state index is 12.3. The molecule has 0 saturated carbocycles. The van der Waals surface area contributed by atoms with Gasteiger partial charge in [0.05, 0.1) is 11.2 Å². The summed E-state index contributed by atoms with van der Waals surface area (Å²) in [6.45, 7) is 5.84. The smallest absolute Gasteiger partial charge is 0.251 e. The second kappa shape index (κ2) is 9.42. The Hall–Kier alpha value is -2.79. The molecule has 146 valence electrons. The van der Waals surface area contributed by atoms with Crippen LogP contribution in [-0.2, 0) is 13.2 Å². The number of carbonyl (C=O) groups excluding carboxylic acids is 1. The maximum Gasteiger partial charge on any atom is 0.251 e. The fraction of sp³-hybridized carbons (Fsp3) is 0.273. The molecule has 0 aliphatic rings. The average Bonchev–Trinajstić information content (AvgIpc) is 3.10. The minimum Gasteiger partial charge on any atom is -0.488 e. The summed E-state index contributed by atoms with van der Waals surface area (Å²) in [4.78, 5) is 12.3. The molecule has 1 N–H and O–H groups in total. The molecule has 0 atom stereocenters. The standard InChI is InChI=1S/C22H24ClN3O2/c1-16-5-3-6-17(2)21(16)28-15-18-7-9-19(10-8-18)22(27)24-11-4-12-26-14-20(23)13-25-26/h3,5-10,13-14H,4,11-12,15H2,1-2H3,(H,24,27). The molecule has 0 saturated heterocycles. The van der Waals surface area contributed by atoms with E-state index in [1.807, 2.05) is 56.3 Å². The Labute approximate surface area is 170 Å². The lowest BCUT2D eigenvalue weighted by molar-refractivity contribution is 0.0952. The molecule has 3 aromatic rings. The highest BCUT2D eigenvalue weighted by atomic mass is 35.5. The molecule has 5 nitrogen and oxygen atoms in total. The summed E-state index contributed by atoms with van der Waals surface area (Å²) in [6, 6.07) is 13.6. The predicted molar refractivity (Wildman–Crippen MR) is 111 cm³/mol. The number of para-hydroxylation sites is 1. The molecule has 3 rings (SSSR count). The van der Waals surface area contributed by atoms with Crippen molar-refractivity contribution in [3.05, 3.63) is 82.1 Å². The molecule has 1 aromatic heterocycles. The lowest BCUT2D eigenvalue weighted by atomic mass is 10.1. The third-order valence-electron chi connectivity index (χ3n) is 4.46. The van der Waals surface area contributed by atoms with Crippen LogP contribution in [0.1, 0.15) is 33.5 Å². The summed E-state index contributed by atoms with van der Waals surface area (Å²) >= 11 is 5.83. The Balaban J connectivity index is 1.46. The van der Waals surface area contributed by atoms with Crippen LogP contribution in [0.25, 0.3) is 0 Å². The summed E-state index contributed by atoms with van der Waals surface area (Å²) in [5.41, 5.74) is 3.90. The zero-order chi connectivity index (χ0) is 19.9. The quantitative estimate of drug-likeness (QED) is 0.567. The van der Waals surface area contributed by atoms with Gasteiger partial charge in [-0.05, 0) is 49.1 Å². The third kappa shape index (κ3) is 5.36. The second-order valence-corrected chi connectivity index (χ2v) is 7.17. The number of amides is 1. The van der Waals surface area contributed by atoms with Gasteiger partial charge in [-0.3, -0.25) is 9.48 Å².